The van der Waals surface area contributed by atoms with Gasteiger partial charge in [0, 0.05) is 50.3 Å². The monoisotopic (exact) mass is 525 g/mol. The van der Waals surface area contributed by atoms with Crippen LogP contribution in [0.15, 0.2) is 6.07 Å². The molecule has 0 spiro atoms. The molecule has 0 saturated heterocycles. The van der Waals surface area contributed by atoms with E-state index in [2.05, 4.69) is 5.32 Å². The minimum absolute atomic E-state index is 0.0408. The number of carbonyl (C=O) groups excluding carboxylic acids is 5. The number of anilines is 1. The van der Waals surface area contributed by atoms with Crippen molar-refractivity contribution in [2.75, 3.05) is 19.0 Å². The molecule has 10 nitrogen and oxygen atoms in total. The molecule has 1 amide bonds. The molecule has 0 radical (unpaired) electrons. The molecular weight excluding hydrogens is 490 g/mol. The molecule has 4 aliphatic carbocycles. The van der Waals surface area contributed by atoms with E-state index in [1.54, 1.807) is 0 Å². The molecule has 0 aromatic heterocycles. The van der Waals surface area contributed by atoms with Gasteiger partial charge in [0.2, 0.25) is 5.91 Å². The number of carbonyl (C=O) groups is 5. The third-order valence-corrected chi connectivity index (χ3v) is 9.13. The van der Waals surface area contributed by atoms with Crippen molar-refractivity contribution in [1.29, 1.82) is 0 Å². The van der Waals surface area contributed by atoms with E-state index in [1.165, 1.54) is 6.42 Å². The summed E-state index contributed by atoms with van der Waals surface area (Å²) in [5, 5.41) is 26.1. The van der Waals surface area contributed by atoms with E-state index in [0.29, 0.717) is 23.7 Å². The second kappa shape index (κ2) is 9.57. The Morgan fingerprint density at radius 2 is 1.79 bits per heavy atom. The van der Waals surface area contributed by atoms with Crippen LogP contribution >= 0.6 is 0 Å². The maximum absolute atomic E-state index is 13.9. The number of hydrogen-bond donors (Lipinski definition) is 4. The number of nitrogens with zero attached hydrogens (tertiary/aromatic N) is 1. The van der Waals surface area contributed by atoms with Gasteiger partial charge < -0.3 is 26.2 Å². The largest absolute Gasteiger partial charge is 0.507 e. The number of nitrogens with two attached hydrogens (primary N) is 1. The number of hydrogen-bond acceptors (Lipinski definition) is 9. The molecule has 1 aromatic carbocycles. The van der Waals surface area contributed by atoms with E-state index in [0.717, 1.165) is 31.4 Å². The van der Waals surface area contributed by atoms with Crippen molar-refractivity contribution in [3.8, 4) is 5.75 Å². The zero-order valence-corrected chi connectivity index (χ0v) is 21.8. The number of benzene rings is 1. The third kappa shape index (κ3) is 3.96. The fourth-order valence-corrected chi connectivity index (χ4v) is 7.16. The quantitative estimate of drug-likeness (QED) is 0.407. The number of rotatable bonds is 5. The van der Waals surface area contributed by atoms with Crippen molar-refractivity contribution in [2.45, 2.75) is 69.6 Å². The fraction of sp³-hybridized carbons (Fsp3) is 0.607. The molecule has 0 aliphatic heterocycles. The van der Waals surface area contributed by atoms with Crippen LogP contribution in [-0.4, -0.2) is 65.0 Å². The number of fused-ring (bicyclic) bond motifs is 3. The van der Waals surface area contributed by atoms with Crippen LogP contribution in [-0.2, 0) is 32.1 Å². The Morgan fingerprint density at radius 1 is 1.11 bits per heavy atom. The second-order valence-corrected chi connectivity index (χ2v) is 11.6. The first-order chi connectivity index (χ1) is 18.0. The molecule has 10 heteroatoms. The summed E-state index contributed by atoms with van der Waals surface area (Å²) in [6, 6.07) is 2.19. The SMILES string of the molecule is CN(C)c1cc(CNC2CCCCC2)c(O)c2c1C[C@H]1C[C@H]3CC(=O)C(C(N)=O)C(=O)[C@@]3(O)C(=O)C1C2=O. The van der Waals surface area contributed by atoms with Crippen LogP contribution in [0.5, 0.6) is 5.75 Å². The third-order valence-electron chi connectivity index (χ3n) is 9.13. The minimum atomic E-state index is -2.64. The highest BCUT2D eigenvalue weighted by Crippen LogP contribution is 2.51. The Hall–Kier alpha value is -3.11. The van der Waals surface area contributed by atoms with E-state index in [9.17, 15) is 34.2 Å². The zero-order chi connectivity index (χ0) is 27.5. The summed E-state index contributed by atoms with van der Waals surface area (Å²) in [5.41, 5.74) is 4.56. The number of ketones is 4. The number of amides is 1. The average molecular weight is 526 g/mol. The van der Waals surface area contributed by atoms with E-state index in [-0.39, 0.29) is 30.6 Å². The summed E-state index contributed by atoms with van der Waals surface area (Å²) in [6.07, 6.45) is 5.60. The van der Waals surface area contributed by atoms with Crippen LogP contribution in [0.2, 0.25) is 0 Å². The Bertz CT molecular complexity index is 1240. The lowest BCUT2D eigenvalue weighted by atomic mass is 9.53. The van der Waals surface area contributed by atoms with Gasteiger partial charge in [0.05, 0.1) is 11.5 Å². The summed E-state index contributed by atoms with van der Waals surface area (Å²) in [5.74, 6) is -9.87. The highest BCUT2D eigenvalue weighted by molar-refractivity contribution is 6.31. The maximum Gasteiger partial charge on any atom is 0.235 e. The zero-order valence-electron chi connectivity index (χ0n) is 21.8. The van der Waals surface area contributed by atoms with Crippen molar-refractivity contribution in [3.63, 3.8) is 0 Å². The smallest absolute Gasteiger partial charge is 0.235 e. The van der Waals surface area contributed by atoms with Crippen LogP contribution in [0, 0.1) is 23.7 Å². The normalized spacial score (nSPS) is 31.4. The molecule has 38 heavy (non-hydrogen) atoms. The number of Topliss-reactive ketones (excluding diaryl/α,β-unsaturated/α-hetero) is 4. The molecule has 1 aromatic rings. The van der Waals surface area contributed by atoms with Crippen LogP contribution in [0.25, 0.3) is 0 Å². The van der Waals surface area contributed by atoms with Gasteiger partial charge in [-0.1, -0.05) is 19.3 Å². The standard InChI is InChI=1S/C28H35N3O7/c1-31(2)18-10-14(12-30-16-6-4-3-5-7-16)23(33)21-17(18)9-13-8-15-11-19(32)22(27(29)37)26(36)28(15,38)25(35)20(13)24(21)34/h10,13,15-16,20,22,30,33,38H,3-9,11-12H2,1-2H3,(H2,29,37)/t13-,15+,20?,22?,28+/m1/s1. The lowest BCUT2D eigenvalue weighted by molar-refractivity contribution is -0.175. The Kier molecular flexibility index (Phi) is 6.67. The molecule has 4 aliphatic rings. The first-order valence-corrected chi connectivity index (χ1v) is 13.4. The van der Waals surface area contributed by atoms with Crippen LogP contribution in [0.3, 0.4) is 0 Å². The molecule has 5 atom stereocenters. The van der Waals surface area contributed by atoms with Gasteiger partial charge in [0.25, 0.3) is 0 Å². The van der Waals surface area contributed by atoms with Crippen molar-refractivity contribution >= 4 is 34.7 Å². The number of aromatic hydroxyl groups is 1. The summed E-state index contributed by atoms with van der Waals surface area (Å²) in [7, 11) is 3.68. The summed E-state index contributed by atoms with van der Waals surface area (Å²) in [4.78, 5) is 66.9. The maximum atomic E-state index is 13.9. The first kappa shape index (κ1) is 26.5. The lowest BCUT2D eigenvalue weighted by Gasteiger charge is -2.48. The van der Waals surface area contributed by atoms with E-state index in [4.69, 9.17) is 5.73 Å². The van der Waals surface area contributed by atoms with Gasteiger partial charge in [0.1, 0.15) is 5.75 Å². The van der Waals surface area contributed by atoms with Crippen molar-refractivity contribution in [1.82, 2.24) is 5.32 Å². The highest BCUT2D eigenvalue weighted by Gasteiger charge is 2.66. The molecule has 0 bridgehead atoms. The van der Waals surface area contributed by atoms with Gasteiger partial charge in [-0.05, 0) is 43.2 Å². The second-order valence-electron chi connectivity index (χ2n) is 11.6. The number of aliphatic hydroxyl groups is 1. The number of primary amides is 1. The Labute approximate surface area is 220 Å². The number of phenolic OH excluding ortho intramolecular Hbond substituents is 1. The molecular formula is C28H35N3O7. The van der Waals surface area contributed by atoms with Gasteiger partial charge in [-0.15, -0.1) is 0 Å². The average Bonchev–Trinajstić information content (AvgIpc) is 2.86. The molecule has 3 saturated carbocycles. The van der Waals surface area contributed by atoms with Crippen molar-refractivity contribution in [3.05, 3.63) is 22.8 Å². The van der Waals surface area contributed by atoms with E-state index in [1.807, 2.05) is 25.1 Å². The topological polar surface area (TPSA) is 167 Å². The van der Waals surface area contributed by atoms with Crippen LogP contribution < -0.4 is 16.0 Å². The van der Waals surface area contributed by atoms with Crippen LogP contribution in [0.4, 0.5) is 5.69 Å². The van der Waals surface area contributed by atoms with E-state index < -0.39 is 58.3 Å². The molecule has 5 rings (SSSR count). The number of nitrogens with one attached hydrogen (secondary N) is 1. The van der Waals surface area contributed by atoms with Gasteiger partial charge in [-0.25, -0.2) is 0 Å². The van der Waals surface area contributed by atoms with Gasteiger partial charge in [0.15, 0.2) is 34.7 Å². The lowest BCUT2D eigenvalue weighted by Crippen LogP contribution is -2.68. The summed E-state index contributed by atoms with van der Waals surface area (Å²) in [6.45, 7) is 0.354. The summed E-state index contributed by atoms with van der Waals surface area (Å²) < 4.78 is 0. The van der Waals surface area contributed by atoms with Crippen molar-refractivity contribution in [2.24, 2.45) is 29.4 Å². The van der Waals surface area contributed by atoms with E-state index >= 15 is 0 Å². The predicted molar refractivity (Wildman–Crippen MR) is 137 cm³/mol. The molecule has 0 heterocycles. The highest BCUT2D eigenvalue weighted by atomic mass is 16.3. The molecule has 3 fully saturated rings. The van der Waals surface area contributed by atoms with Gasteiger partial charge >= 0.3 is 0 Å². The first-order valence-electron chi connectivity index (χ1n) is 13.4. The molecule has 2 unspecified atom stereocenters. The Balaban J connectivity index is 1.53. The van der Waals surface area contributed by atoms with Gasteiger partial charge in [-0.2, -0.15) is 0 Å². The fourth-order valence-electron chi connectivity index (χ4n) is 7.16. The van der Waals surface area contributed by atoms with Crippen LogP contribution in [0.1, 0.15) is 66.4 Å². The minimum Gasteiger partial charge on any atom is -0.507 e. The van der Waals surface area contributed by atoms with Gasteiger partial charge in [-0.3, -0.25) is 24.0 Å². The predicted octanol–water partition coefficient (Wildman–Crippen LogP) is 0.815. The number of phenols is 1. The Morgan fingerprint density at radius 3 is 2.42 bits per heavy atom. The summed E-state index contributed by atoms with van der Waals surface area (Å²) >= 11 is 0. The molecule has 5 N–H and O–H groups in total. The van der Waals surface area contributed by atoms with Crippen molar-refractivity contribution < 1.29 is 34.2 Å². The molecule has 204 valence electrons.